The van der Waals surface area contributed by atoms with Crippen molar-refractivity contribution < 1.29 is 26.8 Å². The van der Waals surface area contributed by atoms with Crippen molar-refractivity contribution in [2.75, 3.05) is 34.2 Å². The Morgan fingerprint density at radius 3 is 2.18 bits per heavy atom. The highest BCUT2D eigenvalue weighted by Crippen LogP contribution is 2.25. The maximum absolute atomic E-state index is 11.0. The van der Waals surface area contributed by atoms with Crippen molar-refractivity contribution in [3.8, 4) is 0 Å². The van der Waals surface area contributed by atoms with E-state index in [0.29, 0.717) is 0 Å². The van der Waals surface area contributed by atoms with Gasteiger partial charge < -0.3 is 27.3 Å². The molecule has 17 heavy (non-hydrogen) atoms. The van der Waals surface area contributed by atoms with Crippen LogP contribution < -0.4 is 17.7 Å². The average molecular weight is 287 g/mol. The minimum atomic E-state index is -0.681. The number of rotatable bonds is 6. The number of hydrogen-bond acceptors (Lipinski definition) is 2. The second kappa shape index (κ2) is 7.41. The van der Waals surface area contributed by atoms with Gasteiger partial charge in [0.25, 0.3) is 0 Å². The third-order valence-electron chi connectivity index (χ3n) is 3.11. The summed E-state index contributed by atoms with van der Waals surface area (Å²) in [7, 11) is 6.48. The van der Waals surface area contributed by atoms with E-state index in [1.54, 1.807) is 0 Å². The number of hydrogen-bond donors (Lipinski definition) is 2. The Morgan fingerprint density at radius 2 is 1.88 bits per heavy atom. The Bertz CT molecular complexity index is 238. The third kappa shape index (κ3) is 5.91. The summed E-state index contributed by atoms with van der Waals surface area (Å²) in [4.78, 5) is 11.0. The van der Waals surface area contributed by atoms with E-state index in [9.17, 15) is 4.79 Å². The predicted octanol–water partition coefficient (Wildman–Crippen LogP) is -1.89. The second-order valence-electron chi connectivity index (χ2n) is 5.54. The molecular weight excluding hydrogens is 263 g/mol. The summed E-state index contributed by atoms with van der Waals surface area (Å²) in [5.41, 5.74) is -0.592. The molecule has 2 N–H and O–H groups in total. The fraction of sp³-hybridized carbons (Fsp3) is 0.909. The summed E-state index contributed by atoms with van der Waals surface area (Å²) in [5, 5.41) is 12.1. The topological polar surface area (TPSA) is 49.3 Å². The summed E-state index contributed by atoms with van der Waals surface area (Å²) >= 11 is 0. The first kappa shape index (κ1) is 19.3. The normalized spacial score (nSPS) is 23.0. The van der Waals surface area contributed by atoms with Crippen molar-refractivity contribution in [2.45, 2.75) is 31.2 Å². The number of nitrogens with zero attached hydrogens (tertiary/aromatic N) is 1. The van der Waals surface area contributed by atoms with Crippen molar-refractivity contribution in [2.24, 2.45) is 0 Å². The summed E-state index contributed by atoms with van der Waals surface area (Å²) in [6, 6.07) is 0. The van der Waals surface area contributed by atoms with Gasteiger partial charge in [0.1, 0.15) is 5.54 Å². The molecule has 0 radical (unpaired) electrons. The van der Waals surface area contributed by atoms with Crippen LogP contribution in [0, 0.1) is 0 Å². The number of unbranched alkanes of at least 4 members (excludes halogenated alkanes) is 1. The molecule has 0 bridgehead atoms. The SMILES string of the molecule is C[N+](C)(C)CCCC[C@]1(C(=O)O)CCN1.Cl.[Cl-]. The molecule has 0 spiro atoms. The van der Waals surface area contributed by atoms with Gasteiger partial charge in [-0.1, -0.05) is 0 Å². The molecule has 1 aliphatic rings. The Labute approximate surface area is 116 Å². The highest BCUT2D eigenvalue weighted by atomic mass is 35.5. The number of nitrogens with one attached hydrogen (secondary N) is 1. The maximum Gasteiger partial charge on any atom is 0.323 e. The number of carboxylic acid groups (broad SMARTS) is 1. The van der Waals surface area contributed by atoms with Crippen molar-refractivity contribution in [3.63, 3.8) is 0 Å². The van der Waals surface area contributed by atoms with E-state index >= 15 is 0 Å². The Hall–Kier alpha value is -0.0300. The Kier molecular flexibility index (Phi) is 8.42. The molecule has 0 amide bonds. The molecule has 0 aromatic heterocycles. The van der Waals surface area contributed by atoms with Crippen LogP contribution in [0.4, 0.5) is 0 Å². The van der Waals surface area contributed by atoms with Gasteiger partial charge in [0.05, 0.1) is 27.7 Å². The summed E-state index contributed by atoms with van der Waals surface area (Å²) in [5.74, 6) is -0.681. The summed E-state index contributed by atoms with van der Waals surface area (Å²) in [6.07, 6.45) is 3.64. The van der Waals surface area contributed by atoms with Crippen molar-refractivity contribution in [1.29, 1.82) is 0 Å². The molecule has 4 nitrogen and oxygen atoms in total. The lowest BCUT2D eigenvalue weighted by Gasteiger charge is -2.39. The number of aliphatic carboxylic acids is 1. The minimum Gasteiger partial charge on any atom is -1.00 e. The zero-order chi connectivity index (χ0) is 11.5. The van der Waals surface area contributed by atoms with Crippen molar-refractivity contribution in [3.05, 3.63) is 0 Å². The molecule has 0 saturated carbocycles. The number of carbonyl (C=O) groups is 1. The quantitative estimate of drug-likeness (QED) is 0.443. The standard InChI is InChI=1S/C11H22N2O2.2ClH/c1-13(2,3)9-5-4-6-11(10(14)15)7-8-12-11;;/h12H,4-9H2,1-3H3;2*1H/t11-;;/m1../s1. The first-order valence-corrected chi connectivity index (χ1v) is 5.65. The lowest BCUT2D eigenvalue weighted by Crippen LogP contribution is -3.00. The van der Waals surface area contributed by atoms with E-state index in [0.717, 1.165) is 43.3 Å². The third-order valence-corrected chi connectivity index (χ3v) is 3.11. The van der Waals surface area contributed by atoms with Gasteiger partial charge in [-0.05, 0) is 32.2 Å². The van der Waals surface area contributed by atoms with Crippen LogP contribution in [0.5, 0.6) is 0 Å². The van der Waals surface area contributed by atoms with Crippen LogP contribution in [0.1, 0.15) is 25.7 Å². The highest BCUT2D eigenvalue weighted by Gasteiger charge is 2.43. The molecule has 104 valence electrons. The Balaban J connectivity index is 0. The second-order valence-corrected chi connectivity index (χ2v) is 5.54. The first-order chi connectivity index (χ1) is 6.86. The van der Waals surface area contributed by atoms with E-state index in [4.69, 9.17) is 5.11 Å². The van der Waals surface area contributed by atoms with Crippen LogP contribution in [0.25, 0.3) is 0 Å². The predicted molar refractivity (Wildman–Crippen MR) is 67.0 cm³/mol. The number of halogens is 2. The summed E-state index contributed by atoms with van der Waals surface area (Å²) in [6.45, 7) is 1.96. The van der Waals surface area contributed by atoms with Crippen LogP contribution in [-0.4, -0.2) is 55.3 Å². The molecular formula is C11H24Cl2N2O2. The van der Waals surface area contributed by atoms with Crippen LogP contribution in [0.15, 0.2) is 0 Å². The van der Waals surface area contributed by atoms with E-state index in [-0.39, 0.29) is 24.8 Å². The summed E-state index contributed by atoms with van der Waals surface area (Å²) < 4.78 is 0.952. The molecule has 0 aliphatic carbocycles. The van der Waals surface area contributed by atoms with Crippen molar-refractivity contribution in [1.82, 2.24) is 5.32 Å². The van der Waals surface area contributed by atoms with Crippen LogP contribution in [-0.2, 0) is 4.79 Å². The fourth-order valence-corrected chi connectivity index (χ4v) is 1.94. The minimum absolute atomic E-state index is 0. The number of carboxylic acids is 1. The van der Waals surface area contributed by atoms with Gasteiger partial charge in [-0.25, -0.2) is 0 Å². The monoisotopic (exact) mass is 286 g/mol. The molecule has 1 aliphatic heterocycles. The Morgan fingerprint density at radius 1 is 1.35 bits per heavy atom. The smallest absolute Gasteiger partial charge is 0.323 e. The maximum atomic E-state index is 11.0. The van der Waals surface area contributed by atoms with Crippen LogP contribution >= 0.6 is 12.4 Å². The van der Waals surface area contributed by atoms with Crippen molar-refractivity contribution >= 4 is 18.4 Å². The molecule has 0 unspecified atom stereocenters. The largest absolute Gasteiger partial charge is 1.00 e. The molecule has 1 saturated heterocycles. The first-order valence-electron chi connectivity index (χ1n) is 5.65. The fourth-order valence-electron chi connectivity index (χ4n) is 1.94. The van der Waals surface area contributed by atoms with Gasteiger partial charge in [0, 0.05) is 0 Å². The highest BCUT2D eigenvalue weighted by molar-refractivity contribution is 5.85. The van der Waals surface area contributed by atoms with Crippen LogP contribution in [0.2, 0.25) is 0 Å². The van der Waals surface area contributed by atoms with Gasteiger partial charge in [-0.15, -0.1) is 12.4 Å². The number of quaternary nitrogens is 1. The molecule has 0 aromatic carbocycles. The van der Waals surface area contributed by atoms with Crippen LogP contribution in [0.3, 0.4) is 0 Å². The van der Waals surface area contributed by atoms with Gasteiger partial charge in [-0.2, -0.15) is 0 Å². The van der Waals surface area contributed by atoms with E-state index < -0.39 is 11.5 Å². The van der Waals surface area contributed by atoms with E-state index in [1.807, 2.05) is 0 Å². The average Bonchev–Trinajstić information content (AvgIpc) is 1.98. The molecule has 0 aromatic rings. The molecule has 1 rings (SSSR count). The van der Waals surface area contributed by atoms with E-state index in [1.165, 1.54) is 0 Å². The molecule has 1 atom stereocenters. The molecule has 1 fully saturated rings. The van der Waals surface area contributed by atoms with Gasteiger partial charge in [0.2, 0.25) is 0 Å². The molecule has 6 heteroatoms. The van der Waals surface area contributed by atoms with Gasteiger partial charge in [-0.3, -0.25) is 4.79 Å². The zero-order valence-corrected chi connectivity index (χ0v) is 12.4. The molecule has 1 heterocycles. The van der Waals surface area contributed by atoms with E-state index in [2.05, 4.69) is 26.5 Å². The van der Waals surface area contributed by atoms with Gasteiger partial charge in [0.15, 0.2) is 0 Å². The lowest BCUT2D eigenvalue weighted by atomic mass is 9.83. The lowest BCUT2D eigenvalue weighted by molar-refractivity contribution is -0.870. The van der Waals surface area contributed by atoms with Gasteiger partial charge >= 0.3 is 5.97 Å². The zero-order valence-electron chi connectivity index (χ0n) is 10.8.